The number of hydrogen-bond donors (Lipinski definition) is 2. The van der Waals surface area contributed by atoms with Crippen molar-refractivity contribution < 1.29 is 4.79 Å². The van der Waals surface area contributed by atoms with Gasteiger partial charge in [-0.25, -0.2) is 0 Å². The second-order valence-electron chi connectivity index (χ2n) is 4.49. The Hall–Kier alpha value is -2.47. The molecule has 2 N–H and O–H groups in total. The number of carbonyl (C=O) groups excluding carboxylic acids is 1. The summed E-state index contributed by atoms with van der Waals surface area (Å²) in [6, 6.07) is 11.1. The fourth-order valence-corrected chi connectivity index (χ4v) is 2.07. The first kappa shape index (κ1) is 12.6. The van der Waals surface area contributed by atoms with Gasteiger partial charge in [-0.3, -0.25) is 14.3 Å². The van der Waals surface area contributed by atoms with E-state index in [1.54, 1.807) is 22.7 Å². The molecule has 20 heavy (non-hydrogen) atoms. The lowest BCUT2D eigenvalue weighted by Crippen LogP contribution is -2.12. The molecule has 2 aromatic heterocycles. The van der Waals surface area contributed by atoms with Crippen LogP contribution in [0.1, 0.15) is 15.9 Å². The highest BCUT2D eigenvalue weighted by atomic mass is 32.1. The van der Waals surface area contributed by atoms with Gasteiger partial charge in [0.1, 0.15) is 0 Å². The lowest BCUT2D eigenvalue weighted by Gasteiger charge is -2.05. The number of amides is 1. The lowest BCUT2D eigenvalue weighted by molar-refractivity contribution is 0.102. The maximum absolute atomic E-state index is 12.2. The number of aromatic nitrogens is 3. The number of pyridine rings is 1. The summed E-state index contributed by atoms with van der Waals surface area (Å²) in [6.45, 7) is 2.00. The normalized spacial score (nSPS) is 10.7. The van der Waals surface area contributed by atoms with Crippen molar-refractivity contribution in [3.05, 3.63) is 58.5 Å². The number of benzene rings is 1. The van der Waals surface area contributed by atoms with Crippen molar-refractivity contribution >= 4 is 29.5 Å². The predicted octanol–water partition coefficient (Wildman–Crippen LogP) is 2.95. The molecule has 0 radical (unpaired) electrons. The van der Waals surface area contributed by atoms with Crippen molar-refractivity contribution in [1.82, 2.24) is 14.6 Å². The van der Waals surface area contributed by atoms with Crippen LogP contribution in [-0.2, 0) is 0 Å². The van der Waals surface area contributed by atoms with Crippen LogP contribution in [0.2, 0.25) is 0 Å². The summed E-state index contributed by atoms with van der Waals surface area (Å²) in [7, 11) is 0. The van der Waals surface area contributed by atoms with Crippen LogP contribution in [0.25, 0.3) is 5.65 Å². The standard InChI is InChI=1S/C14H12N4OS/c1-9-2-5-11(6-3-9)15-13(19)10-4-7-12-16-17-14(20)18(12)8-10/h2-8H,1H3,(H,15,19)(H,17,20). The van der Waals surface area contributed by atoms with Gasteiger partial charge in [0.2, 0.25) is 0 Å². The van der Waals surface area contributed by atoms with Crippen LogP contribution in [0.3, 0.4) is 0 Å². The Morgan fingerprint density at radius 2 is 2.00 bits per heavy atom. The molecule has 0 saturated carbocycles. The van der Waals surface area contributed by atoms with Crippen LogP contribution in [0.15, 0.2) is 42.6 Å². The van der Waals surface area contributed by atoms with Crippen LogP contribution in [0, 0.1) is 11.7 Å². The molecule has 6 heteroatoms. The van der Waals surface area contributed by atoms with Gasteiger partial charge in [0, 0.05) is 11.9 Å². The summed E-state index contributed by atoms with van der Waals surface area (Å²) in [4.78, 5) is 12.2. The summed E-state index contributed by atoms with van der Waals surface area (Å²) >= 11 is 5.09. The van der Waals surface area contributed by atoms with Crippen molar-refractivity contribution in [3.63, 3.8) is 0 Å². The molecule has 0 unspecified atom stereocenters. The third-order valence-corrected chi connectivity index (χ3v) is 3.27. The van der Waals surface area contributed by atoms with Crippen LogP contribution >= 0.6 is 12.2 Å². The number of nitrogens with one attached hydrogen (secondary N) is 2. The molecule has 0 atom stereocenters. The zero-order chi connectivity index (χ0) is 14.1. The zero-order valence-electron chi connectivity index (χ0n) is 10.8. The molecule has 0 aliphatic rings. The highest BCUT2D eigenvalue weighted by Gasteiger charge is 2.08. The zero-order valence-corrected chi connectivity index (χ0v) is 11.6. The first-order valence-corrected chi connectivity index (χ1v) is 6.49. The number of carbonyl (C=O) groups is 1. The van der Waals surface area contributed by atoms with E-state index in [1.807, 2.05) is 31.2 Å². The average Bonchev–Trinajstić information content (AvgIpc) is 2.82. The van der Waals surface area contributed by atoms with E-state index in [4.69, 9.17) is 12.2 Å². The van der Waals surface area contributed by atoms with Crippen LogP contribution < -0.4 is 5.32 Å². The van der Waals surface area contributed by atoms with Gasteiger partial charge in [-0.15, -0.1) is 0 Å². The minimum Gasteiger partial charge on any atom is -0.322 e. The fraction of sp³-hybridized carbons (Fsp3) is 0.0714. The molecule has 0 fully saturated rings. The SMILES string of the molecule is Cc1ccc(NC(=O)c2ccc3n[nH]c(=S)n3c2)cc1. The Morgan fingerprint density at radius 1 is 1.25 bits per heavy atom. The van der Waals surface area contributed by atoms with E-state index in [1.165, 1.54) is 0 Å². The second-order valence-corrected chi connectivity index (χ2v) is 4.88. The van der Waals surface area contributed by atoms with Crippen molar-refractivity contribution in [2.24, 2.45) is 0 Å². The largest absolute Gasteiger partial charge is 0.322 e. The number of hydrogen-bond acceptors (Lipinski definition) is 3. The monoisotopic (exact) mass is 284 g/mol. The van der Waals surface area contributed by atoms with Crippen molar-refractivity contribution in [2.75, 3.05) is 5.32 Å². The summed E-state index contributed by atoms with van der Waals surface area (Å²) in [6.07, 6.45) is 1.67. The van der Waals surface area contributed by atoms with E-state index < -0.39 is 0 Å². The molecule has 0 aliphatic heterocycles. The summed E-state index contributed by atoms with van der Waals surface area (Å²) in [5, 5.41) is 9.55. The van der Waals surface area contributed by atoms with Crippen LogP contribution in [0.5, 0.6) is 0 Å². The number of aromatic amines is 1. The van der Waals surface area contributed by atoms with E-state index in [9.17, 15) is 4.79 Å². The molecular weight excluding hydrogens is 272 g/mol. The molecule has 0 bridgehead atoms. The molecule has 1 aromatic carbocycles. The number of fused-ring (bicyclic) bond motifs is 1. The molecule has 3 aromatic rings. The number of aryl methyl sites for hydroxylation is 1. The van der Waals surface area contributed by atoms with Gasteiger partial charge >= 0.3 is 0 Å². The molecule has 100 valence electrons. The van der Waals surface area contributed by atoms with Crippen molar-refractivity contribution in [1.29, 1.82) is 0 Å². The number of nitrogens with zero attached hydrogens (tertiary/aromatic N) is 2. The average molecular weight is 284 g/mol. The van der Waals surface area contributed by atoms with Gasteiger partial charge in [0.05, 0.1) is 5.56 Å². The molecular formula is C14H12N4OS. The number of H-pyrrole nitrogens is 1. The molecule has 2 heterocycles. The highest BCUT2D eigenvalue weighted by Crippen LogP contribution is 2.11. The van der Waals surface area contributed by atoms with E-state index >= 15 is 0 Å². The minimum atomic E-state index is -0.182. The molecule has 1 amide bonds. The quantitative estimate of drug-likeness (QED) is 0.711. The summed E-state index contributed by atoms with van der Waals surface area (Å²) in [5.41, 5.74) is 3.11. The van der Waals surface area contributed by atoms with E-state index in [2.05, 4.69) is 15.5 Å². The Morgan fingerprint density at radius 3 is 2.75 bits per heavy atom. The molecule has 0 spiro atoms. The number of anilines is 1. The number of rotatable bonds is 2. The summed E-state index contributed by atoms with van der Waals surface area (Å²) < 4.78 is 2.13. The van der Waals surface area contributed by atoms with E-state index in [-0.39, 0.29) is 5.91 Å². The first-order chi connectivity index (χ1) is 9.63. The molecule has 5 nitrogen and oxygen atoms in total. The minimum absolute atomic E-state index is 0.182. The Bertz CT molecular complexity index is 832. The smallest absolute Gasteiger partial charge is 0.257 e. The van der Waals surface area contributed by atoms with E-state index in [0.29, 0.717) is 16.0 Å². The highest BCUT2D eigenvalue weighted by molar-refractivity contribution is 7.71. The Balaban J connectivity index is 1.90. The molecule has 0 saturated heterocycles. The Kier molecular flexibility index (Phi) is 3.08. The summed E-state index contributed by atoms with van der Waals surface area (Å²) in [5.74, 6) is -0.182. The third kappa shape index (κ3) is 2.33. The maximum atomic E-state index is 12.2. The topological polar surface area (TPSA) is 62.2 Å². The molecule has 0 aliphatic carbocycles. The molecule has 3 rings (SSSR count). The van der Waals surface area contributed by atoms with Gasteiger partial charge in [-0.05, 0) is 43.4 Å². The third-order valence-electron chi connectivity index (χ3n) is 2.98. The van der Waals surface area contributed by atoms with E-state index in [0.717, 1.165) is 11.3 Å². The van der Waals surface area contributed by atoms with Crippen LogP contribution in [-0.4, -0.2) is 20.5 Å². The van der Waals surface area contributed by atoms with Gasteiger partial charge in [-0.2, -0.15) is 5.10 Å². The van der Waals surface area contributed by atoms with Gasteiger partial charge in [0.15, 0.2) is 10.4 Å². The van der Waals surface area contributed by atoms with Gasteiger partial charge in [-0.1, -0.05) is 17.7 Å². The van der Waals surface area contributed by atoms with Gasteiger partial charge in [0.25, 0.3) is 5.91 Å². The predicted molar refractivity (Wildman–Crippen MR) is 79.5 cm³/mol. The second kappa shape index (κ2) is 4.90. The van der Waals surface area contributed by atoms with Crippen molar-refractivity contribution in [2.45, 2.75) is 6.92 Å². The van der Waals surface area contributed by atoms with Crippen LogP contribution in [0.4, 0.5) is 5.69 Å². The fourth-order valence-electron chi connectivity index (χ4n) is 1.88. The lowest BCUT2D eigenvalue weighted by atomic mass is 10.2. The Labute approximate surface area is 120 Å². The van der Waals surface area contributed by atoms with Crippen molar-refractivity contribution in [3.8, 4) is 0 Å². The van der Waals surface area contributed by atoms with Gasteiger partial charge < -0.3 is 5.32 Å². The first-order valence-electron chi connectivity index (χ1n) is 6.08. The maximum Gasteiger partial charge on any atom is 0.257 e.